The van der Waals surface area contributed by atoms with Crippen LogP contribution in [-0.2, 0) is 0 Å². The van der Waals surface area contributed by atoms with Gasteiger partial charge in [-0.05, 0) is 48.9 Å². The summed E-state index contributed by atoms with van der Waals surface area (Å²) in [4.78, 5) is 0. The predicted octanol–water partition coefficient (Wildman–Crippen LogP) is 3.86. The predicted molar refractivity (Wildman–Crippen MR) is 73.7 cm³/mol. The van der Waals surface area contributed by atoms with Crippen molar-refractivity contribution in [2.45, 2.75) is 6.92 Å². The Labute approximate surface area is 115 Å². The third-order valence-corrected chi connectivity index (χ3v) is 2.82. The number of nitrogen functional groups attached to an aromatic ring is 1. The number of rotatable bonds is 3. The summed E-state index contributed by atoms with van der Waals surface area (Å²) in [5, 5.41) is 7.97. The molecule has 2 aromatic carbocycles. The molecule has 5 heteroatoms. The van der Waals surface area contributed by atoms with Crippen LogP contribution in [0.1, 0.15) is 11.1 Å². The van der Waals surface area contributed by atoms with Gasteiger partial charge in [-0.1, -0.05) is 11.6 Å². The Morgan fingerprint density at radius 1 is 1.21 bits per heavy atom. The Morgan fingerprint density at radius 3 is 2.53 bits per heavy atom. The molecule has 2 rings (SSSR count). The van der Waals surface area contributed by atoms with Crippen LogP contribution in [0.5, 0.6) is 11.5 Å². The number of aryl methyl sites for hydroxylation is 1. The van der Waals surface area contributed by atoms with E-state index < -0.39 is 0 Å². The summed E-state index contributed by atoms with van der Waals surface area (Å²) >= 11 is 5.86. The highest BCUT2D eigenvalue weighted by Gasteiger charge is 2.10. The second kappa shape index (κ2) is 5.28. The Bertz CT molecular complexity index is 643. The van der Waals surface area contributed by atoms with E-state index in [1.807, 2.05) is 0 Å². The fourth-order valence-corrected chi connectivity index (χ4v) is 1.82. The molecule has 0 amide bonds. The number of ether oxygens (including phenoxy) is 1. The first-order valence-corrected chi connectivity index (χ1v) is 5.93. The summed E-state index contributed by atoms with van der Waals surface area (Å²) in [6.07, 6.45) is 0. The molecule has 0 aliphatic rings. The minimum Gasteiger partial charge on any atom is -0.456 e. The largest absolute Gasteiger partial charge is 0.456 e. The van der Waals surface area contributed by atoms with Crippen molar-refractivity contribution in [3.8, 4) is 11.5 Å². The summed E-state index contributed by atoms with van der Waals surface area (Å²) in [5.41, 5.74) is 6.54. The fraction of sp³-hybridized carbons (Fsp3) is 0.0714. The topological polar surface area (TPSA) is 59.1 Å². The van der Waals surface area contributed by atoms with Crippen LogP contribution in [-0.4, -0.2) is 5.84 Å². The van der Waals surface area contributed by atoms with Crippen LogP contribution in [0.4, 0.5) is 4.39 Å². The third-order valence-electron chi connectivity index (χ3n) is 2.59. The molecular weight excluding hydrogens is 267 g/mol. The monoisotopic (exact) mass is 278 g/mol. The van der Waals surface area contributed by atoms with E-state index in [1.54, 1.807) is 25.1 Å². The second-order valence-corrected chi connectivity index (χ2v) is 4.50. The molecule has 0 bridgehead atoms. The first-order chi connectivity index (χ1) is 8.97. The zero-order valence-electron chi connectivity index (χ0n) is 10.2. The van der Waals surface area contributed by atoms with Crippen molar-refractivity contribution in [3.05, 3.63) is 58.4 Å². The number of hydrogen-bond donors (Lipinski definition) is 2. The van der Waals surface area contributed by atoms with Gasteiger partial charge in [0.1, 0.15) is 23.2 Å². The van der Waals surface area contributed by atoms with Crippen molar-refractivity contribution < 1.29 is 9.13 Å². The quantitative estimate of drug-likeness (QED) is 0.661. The molecule has 0 spiro atoms. The van der Waals surface area contributed by atoms with Gasteiger partial charge >= 0.3 is 0 Å². The zero-order valence-corrected chi connectivity index (χ0v) is 11.0. The summed E-state index contributed by atoms with van der Waals surface area (Å²) in [6.45, 7) is 1.74. The lowest BCUT2D eigenvalue weighted by atomic mass is 10.1. The highest BCUT2D eigenvalue weighted by molar-refractivity contribution is 6.31. The summed E-state index contributed by atoms with van der Waals surface area (Å²) < 4.78 is 18.7. The van der Waals surface area contributed by atoms with Crippen LogP contribution < -0.4 is 10.5 Å². The lowest BCUT2D eigenvalue weighted by Gasteiger charge is -2.12. The van der Waals surface area contributed by atoms with Gasteiger partial charge in [-0.25, -0.2) is 4.39 Å². The number of amidine groups is 1. The van der Waals surface area contributed by atoms with Crippen molar-refractivity contribution in [2.75, 3.05) is 0 Å². The molecule has 3 N–H and O–H groups in total. The van der Waals surface area contributed by atoms with E-state index in [2.05, 4.69) is 0 Å². The van der Waals surface area contributed by atoms with Gasteiger partial charge in [0.05, 0.1) is 5.56 Å². The Balaban J connectivity index is 2.40. The van der Waals surface area contributed by atoms with E-state index in [0.717, 1.165) is 0 Å². The normalized spacial score (nSPS) is 10.3. The van der Waals surface area contributed by atoms with Crippen LogP contribution in [0.15, 0.2) is 36.4 Å². The van der Waals surface area contributed by atoms with Crippen molar-refractivity contribution in [1.82, 2.24) is 0 Å². The molecule has 19 heavy (non-hydrogen) atoms. The van der Waals surface area contributed by atoms with Gasteiger partial charge in [0.2, 0.25) is 0 Å². The van der Waals surface area contributed by atoms with Crippen LogP contribution in [0.2, 0.25) is 5.02 Å². The minimum absolute atomic E-state index is 0.141. The number of benzene rings is 2. The van der Waals surface area contributed by atoms with Crippen molar-refractivity contribution >= 4 is 17.4 Å². The summed E-state index contributed by atoms with van der Waals surface area (Å²) in [7, 11) is 0. The van der Waals surface area contributed by atoms with Crippen LogP contribution in [0.3, 0.4) is 0 Å². The maximum absolute atomic E-state index is 13.0. The van der Waals surface area contributed by atoms with E-state index in [0.29, 0.717) is 27.6 Å². The summed E-state index contributed by atoms with van der Waals surface area (Å²) in [6, 6.07) is 9.04. The van der Waals surface area contributed by atoms with Crippen LogP contribution in [0.25, 0.3) is 0 Å². The molecule has 2 aromatic rings. The summed E-state index contributed by atoms with van der Waals surface area (Å²) in [5.74, 6) is 0.447. The van der Waals surface area contributed by atoms with Crippen molar-refractivity contribution in [2.24, 2.45) is 5.73 Å². The van der Waals surface area contributed by atoms with Gasteiger partial charge in [0, 0.05) is 5.02 Å². The lowest BCUT2D eigenvalue weighted by Crippen LogP contribution is -2.12. The molecule has 0 heterocycles. The Kier molecular flexibility index (Phi) is 3.71. The van der Waals surface area contributed by atoms with E-state index in [4.69, 9.17) is 27.5 Å². The first-order valence-electron chi connectivity index (χ1n) is 5.55. The Hall–Kier alpha value is -2.07. The van der Waals surface area contributed by atoms with Gasteiger partial charge in [-0.15, -0.1) is 0 Å². The number of hydrogen-bond acceptors (Lipinski definition) is 2. The van der Waals surface area contributed by atoms with Crippen molar-refractivity contribution in [3.63, 3.8) is 0 Å². The molecule has 0 atom stereocenters. The molecule has 0 saturated heterocycles. The second-order valence-electron chi connectivity index (χ2n) is 4.07. The van der Waals surface area contributed by atoms with E-state index in [-0.39, 0.29) is 11.7 Å². The molecule has 0 fully saturated rings. The zero-order chi connectivity index (χ0) is 14.0. The fourth-order valence-electron chi connectivity index (χ4n) is 1.65. The Morgan fingerprint density at radius 2 is 1.89 bits per heavy atom. The molecule has 3 nitrogen and oxygen atoms in total. The van der Waals surface area contributed by atoms with Crippen molar-refractivity contribution in [1.29, 1.82) is 5.41 Å². The highest BCUT2D eigenvalue weighted by atomic mass is 35.5. The molecule has 0 saturated carbocycles. The van der Waals surface area contributed by atoms with Gasteiger partial charge in [0.25, 0.3) is 0 Å². The van der Waals surface area contributed by atoms with Gasteiger partial charge in [-0.3, -0.25) is 5.41 Å². The average Bonchev–Trinajstić information content (AvgIpc) is 2.34. The maximum atomic E-state index is 13.0. The molecule has 98 valence electrons. The molecule has 0 unspecified atom stereocenters. The highest BCUT2D eigenvalue weighted by Crippen LogP contribution is 2.29. The van der Waals surface area contributed by atoms with E-state index in [9.17, 15) is 4.39 Å². The number of nitrogens with two attached hydrogens (primary N) is 1. The van der Waals surface area contributed by atoms with Crippen LogP contribution in [0, 0.1) is 18.2 Å². The molecule has 0 aliphatic heterocycles. The number of halogens is 2. The number of nitrogens with one attached hydrogen (secondary N) is 1. The molecule has 0 aliphatic carbocycles. The SMILES string of the molecule is Cc1cc(F)ccc1Oc1ccc(Cl)cc1C(=N)N. The lowest BCUT2D eigenvalue weighted by molar-refractivity contribution is 0.475. The molecular formula is C14H12ClFN2O. The van der Waals surface area contributed by atoms with Gasteiger partial charge in [-0.2, -0.15) is 0 Å². The maximum Gasteiger partial charge on any atom is 0.138 e. The first kappa shape index (κ1) is 13.4. The van der Waals surface area contributed by atoms with E-state index in [1.165, 1.54) is 18.2 Å². The standard InChI is InChI=1S/C14H12ClFN2O/c1-8-6-10(16)3-5-12(8)19-13-4-2-9(15)7-11(13)14(17)18/h2-7H,1H3,(H3,17,18). The average molecular weight is 279 g/mol. The van der Waals surface area contributed by atoms with Gasteiger partial charge in [0.15, 0.2) is 0 Å². The smallest absolute Gasteiger partial charge is 0.138 e. The molecule has 0 aromatic heterocycles. The van der Waals surface area contributed by atoms with Crippen LogP contribution >= 0.6 is 11.6 Å². The third kappa shape index (κ3) is 3.03. The minimum atomic E-state index is -0.326. The van der Waals surface area contributed by atoms with E-state index >= 15 is 0 Å². The van der Waals surface area contributed by atoms with Gasteiger partial charge < -0.3 is 10.5 Å². The molecule has 0 radical (unpaired) electrons.